The van der Waals surface area contributed by atoms with Gasteiger partial charge in [0.2, 0.25) is 0 Å². The van der Waals surface area contributed by atoms with Crippen molar-refractivity contribution in [2.75, 3.05) is 51.4 Å². The van der Waals surface area contributed by atoms with E-state index in [1.807, 2.05) is 0 Å². The van der Waals surface area contributed by atoms with Crippen molar-refractivity contribution in [3.63, 3.8) is 0 Å². The molecule has 0 aromatic heterocycles. The van der Waals surface area contributed by atoms with Crippen LogP contribution in [0.1, 0.15) is 25.7 Å². The predicted octanol–water partition coefficient (Wildman–Crippen LogP) is 2.84. The fraction of sp³-hybridized carbons (Fsp3) is 1.00. The summed E-state index contributed by atoms with van der Waals surface area (Å²) in [5, 5.41) is 0. The van der Waals surface area contributed by atoms with E-state index in [0.29, 0.717) is 51.4 Å². The SMILES string of the molecule is ClCCOCCO[C@H]1CCCC[C@H]1OCCOCCCl. The van der Waals surface area contributed by atoms with E-state index in [0.717, 1.165) is 12.8 Å². The van der Waals surface area contributed by atoms with Crippen molar-refractivity contribution in [3.8, 4) is 0 Å². The highest BCUT2D eigenvalue weighted by Crippen LogP contribution is 2.23. The smallest absolute Gasteiger partial charge is 0.0837 e. The maximum Gasteiger partial charge on any atom is 0.0837 e. The maximum atomic E-state index is 5.87. The van der Waals surface area contributed by atoms with Crippen LogP contribution in [-0.2, 0) is 18.9 Å². The van der Waals surface area contributed by atoms with Gasteiger partial charge in [0.1, 0.15) is 0 Å². The molecule has 0 aromatic rings. The molecule has 2 atom stereocenters. The number of hydrogen-bond donors (Lipinski definition) is 0. The lowest BCUT2D eigenvalue weighted by Crippen LogP contribution is -2.36. The predicted molar refractivity (Wildman–Crippen MR) is 81.0 cm³/mol. The van der Waals surface area contributed by atoms with Gasteiger partial charge in [-0.05, 0) is 12.8 Å². The van der Waals surface area contributed by atoms with E-state index >= 15 is 0 Å². The highest BCUT2D eigenvalue weighted by molar-refractivity contribution is 6.18. The van der Waals surface area contributed by atoms with Crippen molar-refractivity contribution in [2.45, 2.75) is 37.9 Å². The van der Waals surface area contributed by atoms with E-state index in [-0.39, 0.29) is 12.2 Å². The fourth-order valence-corrected chi connectivity index (χ4v) is 2.49. The van der Waals surface area contributed by atoms with Gasteiger partial charge in [0, 0.05) is 11.8 Å². The summed E-state index contributed by atoms with van der Waals surface area (Å²) in [4.78, 5) is 0. The van der Waals surface area contributed by atoms with Crippen LogP contribution in [0, 0.1) is 0 Å². The first-order valence-electron chi connectivity index (χ1n) is 7.39. The molecule has 0 N–H and O–H groups in total. The van der Waals surface area contributed by atoms with Crippen LogP contribution < -0.4 is 0 Å². The van der Waals surface area contributed by atoms with Gasteiger partial charge in [0.15, 0.2) is 0 Å². The first-order valence-corrected chi connectivity index (χ1v) is 8.46. The molecule has 1 fully saturated rings. The second kappa shape index (κ2) is 13.1. The molecule has 0 amide bonds. The second-order valence-electron chi connectivity index (χ2n) is 4.71. The summed E-state index contributed by atoms with van der Waals surface area (Å²) in [5.74, 6) is 1.05. The van der Waals surface area contributed by atoms with E-state index in [9.17, 15) is 0 Å². The van der Waals surface area contributed by atoms with Gasteiger partial charge in [0.05, 0.1) is 51.8 Å². The number of alkyl halides is 2. The molecule has 1 saturated carbocycles. The summed E-state index contributed by atoms with van der Waals surface area (Å²) in [6.07, 6.45) is 4.88. The number of halogens is 2. The molecule has 1 aliphatic rings. The van der Waals surface area contributed by atoms with Crippen LogP contribution in [-0.4, -0.2) is 63.6 Å². The summed E-state index contributed by atoms with van der Waals surface area (Å²) in [7, 11) is 0. The lowest BCUT2D eigenvalue weighted by atomic mass is 9.94. The molecule has 1 rings (SSSR count). The minimum atomic E-state index is 0.177. The van der Waals surface area contributed by atoms with Crippen LogP contribution >= 0.6 is 23.2 Å². The number of ether oxygens (including phenoxy) is 4. The van der Waals surface area contributed by atoms with E-state index in [2.05, 4.69) is 0 Å². The lowest BCUT2D eigenvalue weighted by Gasteiger charge is -2.31. The summed E-state index contributed by atoms with van der Waals surface area (Å²) >= 11 is 11.1. The molecule has 0 aromatic carbocycles. The van der Waals surface area contributed by atoms with Crippen LogP contribution in [0.15, 0.2) is 0 Å². The molecule has 6 heteroatoms. The molecule has 120 valence electrons. The van der Waals surface area contributed by atoms with Gasteiger partial charge in [-0.2, -0.15) is 0 Å². The fourth-order valence-electron chi connectivity index (χ4n) is 2.27. The zero-order valence-electron chi connectivity index (χ0n) is 12.0. The molecule has 1 aliphatic carbocycles. The van der Waals surface area contributed by atoms with Crippen LogP contribution in [0.25, 0.3) is 0 Å². The number of hydrogen-bond acceptors (Lipinski definition) is 4. The van der Waals surface area contributed by atoms with E-state index in [4.69, 9.17) is 42.1 Å². The Hall–Kier alpha value is 0.420. The third-order valence-corrected chi connectivity index (χ3v) is 3.51. The Balaban J connectivity index is 2.10. The summed E-state index contributed by atoms with van der Waals surface area (Å²) < 4.78 is 22.3. The van der Waals surface area contributed by atoms with Gasteiger partial charge in [-0.3, -0.25) is 0 Å². The molecule has 0 bridgehead atoms. The van der Waals surface area contributed by atoms with Crippen LogP contribution in [0.5, 0.6) is 0 Å². The Morgan fingerprint density at radius 1 is 0.650 bits per heavy atom. The summed E-state index contributed by atoms with van der Waals surface area (Å²) in [5.41, 5.74) is 0. The first kappa shape index (κ1) is 18.5. The molecular formula is C14H26Cl2O4. The van der Waals surface area contributed by atoms with Crippen molar-refractivity contribution in [2.24, 2.45) is 0 Å². The summed E-state index contributed by atoms with van der Waals surface area (Å²) in [6.45, 7) is 3.54. The zero-order chi connectivity index (χ0) is 14.5. The second-order valence-corrected chi connectivity index (χ2v) is 5.46. The standard InChI is InChI=1S/C14H26Cl2O4/c15-5-7-17-9-11-19-13-3-1-2-4-14(13)20-12-10-18-8-6-16/h13-14H,1-12H2/t13-,14+. The molecule has 0 saturated heterocycles. The molecule has 0 heterocycles. The third-order valence-electron chi connectivity index (χ3n) is 3.20. The molecule has 0 aliphatic heterocycles. The monoisotopic (exact) mass is 328 g/mol. The highest BCUT2D eigenvalue weighted by Gasteiger charge is 2.26. The Morgan fingerprint density at radius 2 is 1.10 bits per heavy atom. The summed E-state index contributed by atoms with van der Waals surface area (Å²) in [6, 6.07) is 0. The molecule has 4 nitrogen and oxygen atoms in total. The van der Waals surface area contributed by atoms with Crippen LogP contribution in [0.3, 0.4) is 0 Å². The largest absolute Gasteiger partial charge is 0.378 e. The van der Waals surface area contributed by atoms with E-state index < -0.39 is 0 Å². The van der Waals surface area contributed by atoms with Crippen molar-refractivity contribution in [1.29, 1.82) is 0 Å². The van der Waals surface area contributed by atoms with Gasteiger partial charge in [-0.15, -0.1) is 23.2 Å². The third kappa shape index (κ3) is 8.65. The molecule has 0 unspecified atom stereocenters. The molecule has 0 spiro atoms. The quantitative estimate of drug-likeness (QED) is 0.408. The van der Waals surface area contributed by atoms with Crippen molar-refractivity contribution < 1.29 is 18.9 Å². The average Bonchev–Trinajstić information content (AvgIpc) is 2.48. The van der Waals surface area contributed by atoms with E-state index in [1.165, 1.54) is 12.8 Å². The van der Waals surface area contributed by atoms with Crippen LogP contribution in [0.2, 0.25) is 0 Å². The van der Waals surface area contributed by atoms with E-state index in [1.54, 1.807) is 0 Å². The molecule has 0 radical (unpaired) electrons. The van der Waals surface area contributed by atoms with Gasteiger partial charge in [0.25, 0.3) is 0 Å². The minimum absolute atomic E-state index is 0.177. The number of rotatable bonds is 12. The zero-order valence-corrected chi connectivity index (χ0v) is 13.5. The van der Waals surface area contributed by atoms with Crippen LogP contribution in [0.4, 0.5) is 0 Å². The lowest BCUT2D eigenvalue weighted by molar-refractivity contribution is -0.108. The Morgan fingerprint density at radius 3 is 1.50 bits per heavy atom. The van der Waals surface area contributed by atoms with Crippen molar-refractivity contribution in [1.82, 2.24) is 0 Å². The van der Waals surface area contributed by atoms with Crippen molar-refractivity contribution >= 4 is 23.2 Å². The van der Waals surface area contributed by atoms with Gasteiger partial charge in [-0.1, -0.05) is 12.8 Å². The van der Waals surface area contributed by atoms with Gasteiger partial charge >= 0.3 is 0 Å². The minimum Gasteiger partial charge on any atom is -0.378 e. The first-order chi connectivity index (χ1) is 9.88. The van der Waals surface area contributed by atoms with Gasteiger partial charge < -0.3 is 18.9 Å². The average molecular weight is 329 g/mol. The molecule has 20 heavy (non-hydrogen) atoms. The topological polar surface area (TPSA) is 36.9 Å². The Bertz CT molecular complexity index is 197. The Labute approximate surface area is 132 Å². The van der Waals surface area contributed by atoms with Crippen molar-refractivity contribution in [3.05, 3.63) is 0 Å². The maximum absolute atomic E-state index is 5.87. The Kier molecular flexibility index (Phi) is 12.1. The normalized spacial score (nSPS) is 23.1. The van der Waals surface area contributed by atoms with Gasteiger partial charge in [-0.25, -0.2) is 0 Å². The molecular weight excluding hydrogens is 303 g/mol. The highest BCUT2D eigenvalue weighted by atomic mass is 35.5.